The topological polar surface area (TPSA) is 60.2 Å². The molecule has 2 rings (SSSR count). The normalized spacial score (nSPS) is 11.9. The Morgan fingerprint density at radius 1 is 1.41 bits per heavy atom. The number of nitrogen functional groups attached to an aromatic ring is 1. The molecule has 1 heterocycles. The summed E-state index contributed by atoms with van der Waals surface area (Å²) in [7, 11) is 1.67. The average Bonchev–Trinajstić information content (AvgIpc) is 2.94. The van der Waals surface area contributed by atoms with Gasteiger partial charge < -0.3 is 10.2 Å². The lowest BCUT2D eigenvalue weighted by molar-refractivity contribution is 0.414. The summed E-state index contributed by atoms with van der Waals surface area (Å²) in [6, 6.07) is 5.76. The second-order valence-electron chi connectivity index (χ2n) is 5.84. The lowest BCUT2D eigenvalue weighted by Gasteiger charge is -2.20. The number of aromatic nitrogens is 1. The van der Waals surface area contributed by atoms with E-state index in [1.807, 2.05) is 25.1 Å². The molecule has 1 aromatic carbocycles. The first-order valence-corrected chi connectivity index (χ1v) is 8.08. The van der Waals surface area contributed by atoms with Crippen LogP contribution in [0.2, 0.25) is 0 Å². The van der Waals surface area contributed by atoms with Crippen LogP contribution >= 0.6 is 11.3 Å². The molecular formula is C17H23N3OS. The van der Waals surface area contributed by atoms with E-state index in [1.165, 1.54) is 0 Å². The van der Waals surface area contributed by atoms with Crippen molar-refractivity contribution in [2.45, 2.75) is 32.6 Å². The Labute approximate surface area is 136 Å². The first-order valence-electron chi connectivity index (χ1n) is 7.20. The van der Waals surface area contributed by atoms with Gasteiger partial charge in [-0.1, -0.05) is 26.0 Å². The number of hydrogen-bond acceptors (Lipinski definition) is 5. The van der Waals surface area contributed by atoms with Crippen molar-refractivity contribution in [2.75, 3.05) is 12.5 Å². The van der Waals surface area contributed by atoms with E-state index in [9.17, 15) is 0 Å². The van der Waals surface area contributed by atoms with E-state index >= 15 is 0 Å². The number of nitrogens with zero attached hydrogens (tertiary/aromatic N) is 1. The van der Waals surface area contributed by atoms with Gasteiger partial charge in [0.05, 0.1) is 17.8 Å². The third kappa shape index (κ3) is 3.87. The van der Waals surface area contributed by atoms with Crippen LogP contribution < -0.4 is 16.0 Å². The molecule has 0 saturated heterocycles. The highest BCUT2D eigenvalue weighted by atomic mass is 32.1. The van der Waals surface area contributed by atoms with E-state index in [0.717, 1.165) is 34.1 Å². The van der Waals surface area contributed by atoms with Gasteiger partial charge in [0, 0.05) is 22.0 Å². The van der Waals surface area contributed by atoms with Gasteiger partial charge >= 0.3 is 0 Å². The van der Waals surface area contributed by atoms with Crippen molar-refractivity contribution in [3.05, 3.63) is 45.9 Å². The van der Waals surface area contributed by atoms with Crippen molar-refractivity contribution >= 4 is 23.1 Å². The third-order valence-electron chi connectivity index (χ3n) is 3.63. The summed E-state index contributed by atoms with van der Waals surface area (Å²) in [5, 5.41) is 3.25. The average molecular weight is 317 g/mol. The molecule has 5 heteroatoms. The first kappa shape index (κ1) is 16.5. The number of methoxy groups -OCH3 is 1. The maximum atomic E-state index is 5.46. The number of thiazole rings is 1. The number of hydrazine groups is 1. The van der Waals surface area contributed by atoms with Gasteiger partial charge in [-0.3, -0.25) is 5.84 Å². The molecule has 0 saturated carbocycles. The van der Waals surface area contributed by atoms with Gasteiger partial charge in [0.25, 0.3) is 0 Å². The van der Waals surface area contributed by atoms with Crippen molar-refractivity contribution < 1.29 is 4.74 Å². The van der Waals surface area contributed by atoms with Crippen LogP contribution in [0, 0.1) is 6.92 Å². The molecule has 1 aromatic heterocycles. The minimum atomic E-state index is 0.0121. The Morgan fingerprint density at radius 3 is 2.77 bits per heavy atom. The molecule has 2 aromatic rings. The molecule has 0 aliphatic heterocycles. The van der Waals surface area contributed by atoms with E-state index in [0.29, 0.717) is 0 Å². The molecule has 0 bridgehead atoms. The Morgan fingerprint density at radius 2 is 2.18 bits per heavy atom. The highest BCUT2D eigenvalue weighted by molar-refractivity contribution is 7.09. The smallest absolute Gasteiger partial charge is 0.126 e. The molecule has 0 unspecified atom stereocenters. The molecule has 3 N–H and O–H groups in total. The molecule has 0 amide bonds. The predicted octanol–water partition coefficient (Wildman–Crippen LogP) is 4.13. The second-order valence-corrected chi connectivity index (χ2v) is 6.91. The molecular weight excluding hydrogens is 294 g/mol. The van der Waals surface area contributed by atoms with Crippen LogP contribution in [0.3, 0.4) is 0 Å². The van der Waals surface area contributed by atoms with Gasteiger partial charge in [-0.15, -0.1) is 11.3 Å². The number of anilines is 1. The Kier molecular flexibility index (Phi) is 5.21. The number of aryl methyl sites for hydroxylation is 1. The van der Waals surface area contributed by atoms with Gasteiger partial charge in [0.2, 0.25) is 0 Å². The minimum absolute atomic E-state index is 0.0121. The van der Waals surface area contributed by atoms with E-state index < -0.39 is 0 Å². The molecule has 0 radical (unpaired) electrons. The van der Waals surface area contributed by atoms with E-state index in [-0.39, 0.29) is 5.41 Å². The second kappa shape index (κ2) is 6.94. The molecule has 22 heavy (non-hydrogen) atoms. The molecule has 118 valence electrons. The zero-order valence-electron chi connectivity index (χ0n) is 13.5. The van der Waals surface area contributed by atoms with Crippen LogP contribution in [-0.4, -0.2) is 12.1 Å². The minimum Gasteiger partial charge on any atom is -0.496 e. The molecule has 4 nitrogen and oxygen atoms in total. The number of nitrogens with one attached hydrogen (secondary N) is 1. The van der Waals surface area contributed by atoms with Crippen LogP contribution in [0.4, 0.5) is 5.69 Å². The van der Waals surface area contributed by atoms with Crippen LogP contribution in [0.25, 0.3) is 6.08 Å². The lowest BCUT2D eigenvalue weighted by Crippen LogP contribution is -2.16. The largest absolute Gasteiger partial charge is 0.496 e. The maximum Gasteiger partial charge on any atom is 0.126 e. The molecule has 0 aliphatic carbocycles. The van der Waals surface area contributed by atoms with Crippen LogP contribution in [0.1, 0.15) is 36.5 Å². The number of allylic oxidation sites excluding steroid dienone is 1. The standard InChI is InChI=1S/C17H23N3OS/c1-12-19-16(11-22-12)17(2,3)9-5-6-13-10-14(20-18)7-8-15(13)21-4/h5-8,10-11,20H,9,18H2,1-4H3/b6-5+. The lowest BCUT2D eigenvalue weighted by atomic mass is 9.86. The molecule has 0 spiro atoms. The highest BCUT2D eigenvalue weighted by Crippen LogP contribution is 2.30. The number of benzene rings is 1. The van der Waals surface area contributed by atoms with Crippen LogP contribution in [0.15, 0.2) is 29.7 Å². The summed E-state index contributed by atoms with van der Waals surface area (Å²) in [6.45, 7) is 6.46. The third-order valence-corrected chi connectivity index (χ3v) is 4.41. The fraction of sp³-hybridized carbons (Fsp3) is 0.353. The fourth-order valence-electron chi connectivity index (χ4n) is 2.21. The predicted molar refractivity (Wildman–Crippen MR) is 94.3 cm³/mol. The van der Waals surface area contributed by atoms with E-state index in [1.54, 1.807) is 18.4 Å². The molecule has 0 aliphatic rings. The van der Waals surface area contributed by atoms with Crippen molar-refractivity contribution in [3.8, 4) is 5.75 Å². The van der Waals surface area contributed by atoms with Gasteiger partial charge in [-0.25, -0.2) is 4.98 Å². The van der Waals surface area contributed by atoms with Gasteiger partial charge in [0.1, 0.15) is 5.75 Å². The monoisotopic (exact) mass is 317 g/mol. The Balaban J connectivity index is 2.15. The van der Waals surface area contributed by atoms with Crippen LogP contribution in [-0.2, 0) is 5.41 Å². The van der Waals surface area contributed by atoms with E-state index in [4.69, 9.17) is 10.6 Å². The SMILES string of the molecule is COc1ccc(NN)cc1/C=C/CC(C)(C)c1csc(C)n1. The van der Waals surface area contributed by atoms with E-state index in [2.05, 4.69) is 41.8 Å². The Bertz CT molecular complexity index is 662. The summed E-state index contributed by atoms with van der Waals surface area (Å²) < 4.78 is 5.38. The summed E-state index contributed by atoms with van der Waals surface area (Å²) in [4.78, 5) is 4.60. The van der Waals surface area contributed by atoms with Gasteiger partial charge in [-0.2, -0.15) is 0 Å². The molecule has 0 fully saturated rings. The first-order chi connectivity index (χ1) is 10.5. The maximum absolute atomic E-state index is 5.46. The quantitative estimate of drug-likeness (QED) is 0.621. The fourth-order valence-corrected chi connectivity index (χ4v) is 3.02. The summed E-state index contributed by atoms with van der Waals surface area (Å²) in [5.74, 6) is 6.30. The van der Waals surface area contributed by atoms with Crippen molar-refractivity contribution in [1.29, 1.82) is 0 Å². The number of nitrogens with two attached hydrogens (primary N) is 1. The van der Waals surface area contributed by atoms with Crippen molar-refractivity contribution in [1.82, 2.24) is 4.98 Å². The van der Waals surface area contributed by atoms with Crippen molar-refractivity contribution in [3.63, 3.8) is 0 Å². The van der Waals surface area contributed by atoms with Gasteiger partial charge in [-0.05, 0) is 31.5 Å². The highest BCUT2D eigenvalue weighted by Gasteiger charge is 2.21. The summed E-state index contributed by atoms with van der Waals surface area (Å²) in [6.07, 6.45) is 5.13. The summed E-state index contributed by atoms with van der Waals surface area (Å²) in [5.41, 5.74) is 5.67. The number of ether oxygens (including phenoxy) is 1. The number of hydrogen-bond donors (Lipinski definition) is 2. The van der Waals surface area contributed by atoms with Crippen LogP contribution in [0.5, 0.6) is 5.75 Å². The zero-order chi connectivity index (χ0) is 16.2. The zero-order valence-corrected chi connectivity index (χ0v) is 14.3. The van der Waals surface area contributed by atoms with Crippen molar-refractivity contribution in [2.24, 2.45) is 5.84 Å². The number of rotatable bonds is 6. The molecule has 0 atom stereocenters. The Hall–Kier alpha value is -1.85. The summed E-state index contributed by atoms with van der Waals surface area (Å²) >= 11 is 1.69. The van der Waals surface area contributed by atoms with Gasteiger partial charge in [0.15, 0.2) is 0 Å².